The number of carbonyl (C=O) groups is 7. The van der Waals surface area contributed by atoms with Crippen molar-refractivity contribution in [2.24, 2.45) is 23.7 Å². The number of hydrogen-bond acceptors (Lipinski definition) is 14. The van der Waals surface area contributed by atoms with E-state index >= 15 is 0 Å². The van der Waals surface area contributed by atoms with Gasteiger partial charge in [-0.1, -0.05) is 183 Å². The summed E-state index contributed by atoms with van der Waals surface area (Å²) in [6, 6.07) is 28.0. The quantitative estimate of drug-likeness (QED) is 0.0413. The number of rotatable bonds is 24. The minimum absolute atomic E-state index is 0.000556. The number of phenols is 4. The van der Waals surface area contributed by atoms with Crippen molar-refractivity contribution in [3.63, 3.8) is 0 Å². The van der Waals surface area contributed by atoms with E-state index in [9.17, 15) is 54.0 Å². The van der Waals surface area contributed by atoms with Gasteiger partial charge in [0.2, 0.25) is 0 Å². The fourth-order valence-corrected chi connectivity index (χ4v) is 12.2. The average Bonchev–Trinajstić information content (AvgIpc) is 0.911. The van der Waals surface area contributed by atoms with Gasteiger partial charge in [0.1, 0.15) is 40.2 Å². The third kappa shape index (κ3) is 31.6. The number of benzene rings is 7. The van der Waals surface area contributed by atoms with Crippen LogP contribution in [0, 0.1) is 65.2 Å². The molecule has 0 saturated carbocycles. The molecule has 0 aliphatic heterocycles. The Labute approximate surface area is 687 Å². The topological polar surface area (TPSA) is 228 Å². The first-order valence-corrected chi connectivity index (χ1v) is 40.9. The standard InChI is InChI=1S/3C15H22O2.3C14H20O2.C13H18O2/c1-9(2)13-8-14(12(6)16)15(7-11(13)5)17-10(3)4;1-9(2)13-7-11(5)15(17-10(3)4)8-14(13)12(6)16;1-9(2)13-7-11(5)15(17-10(3)4)14(8-13)12(6)16;1-8(2)11-7-12(14(16)9(3)4)13(15)6-10(11)5;1-8(2)11-6-10(5)13(15)7-12(11)14(16)9(3)4;1-8(2)11-6-10(5)14(16)12(7-11)13(15)9(3)4;1-8(2)10-5-6-12(14)11(7-10)13(15)9(3)4/h3*7-10H,1-6H3;2*6-9,15H,1-5H3;6-9,16H,1-5H3;5-9,14H,1-4H3. The highest BCUT2D eigenvalue weighted by Gasteiger charge is 2.24. The highest BCUT2D eigenvalue weighted by atomic mass is 16.5. The number of ketones is 7. The van der Waals surface area contributed by atoms with Crippen molar-refractivity contribution < 1.29 is 68.2 Å². The Morgan fingerprint density at radius 2 is 0.605 bits per heavy atom. The van der Waals surface area contributed by atoms with E-state index in [4.69, 9.17) is 14.2 Å². The Morgan fingerprint density at radius 3 is 1.01 bits per heavy atom. The highest BCUT2D eigenvalue weighted by Crippen LogP contribution is 2.36. The lowest BCUT2D eigenvalue weighted by molar-refractivity contribution is 0.0929. The van der Waals surface area contributed by atoms with Crippen LogP contribution in [-0.4, -0.2) is 79.2 Å². The number of ether oxygens (including phenoxy) is 3. The maximum Gasteiger partial charge on any atom is 0.169 e. The van der Waals surface area contributed by atoms with Crippen LogP contribution in [0.1, 0.15) is 401 Å². The molecule has 114 heavy (non-hydrogen) atoms. The fourth-order valence-electron chi connectivity index (χ4n) is 12.2. The van der Waals surface area contributed by atoms with Gasteiger partial charge >= 0.3 is 0 Å². The van der Waals surface area contributed by atoms with Crippen molar-refractivity contribution in [3.8, 4) is 40.2 Å². The van der Waals surface area contributed by atoms with Crippen LogP contribution >= 0.6 is 0 Å². The number of phenolic OH excluding ortho intramolecular Hbond substituents is 4. The molecular formula is C100H144O14. The number of Topliss-reactive ketones (excluding diaryl/α,β-unsaturated/α-hetero) is 7. The van der Waals surface area contributed by atoms with E-state index in [1.165, 1.54) is 16.7 Å². The predicted molar refractivity (Wildman–Crippen MR) is 473 cm³/mol. The first-order chi connectivity index (χ1) is 52.4. The maximum atomic E-state index is 12.0. The zero-order chi connectivity index (χ0) is 88.4. The number of hydrogen-bond donors (Lipinski definition) is 4. The normalized spacial score (nSPS) is 11.1. The minimum Gasteiger partial charge on any atom is -0.508 e. The molecule has 7 aromatic rings. The molecule has 0 aliphatic rings. The maximum absolute atomic E-state index is 12.0. The van der Waals surface area contributed by atoms with Gasteiger partial charge < -0.3 is 34.6 Å². The van der Waals surface area contributed by atoms with Gasteiger partial charge in [-0.25, -0.2) is 0 Å². The molecule has 0 radical (unpaired) electrons. The molecule has 0 unspecified atom stereocenters. The fraction of sp³-hybridized carbons (Fsp3) is 0.510. The SMILES string of the molecule is CC(=O)c1cc(C(C)C)c(C)cc1OC(C)C.CC(=O)c1cc(C(C)C)cc(C)c1OC(C)C.CC(=O)c1cc(OC(C)C)c(C)cc1C(C)C.CC(C)C(=O)c1cc(C(C)C)ccc1O.Cc1cc(C(C)C)c(C(=O)C(C)C)cc1O.Cc1cc(C(C)C)cc(C(=O)C(C)C)c1O.Cc1cc(O)c(C(=O)C(C)C)cc1C(C)C. The Balaban J connectivity index is 0.000000665. The molecule has 0 fully saturated rings. The highest BCUT2D eigenvalue weighted by molar-refractivity contribution is 6.03. The molecule has 0 bridgehead atoms. The molecule has 0 aromatic heterocycles. The Morgan fingerprint density at radius 1 is 0.254 bits per heavy atom. The molecule has 0 amide bonds. The summed E-state index contributed by atoms with van der Waals surface area (Å²) in [7, 11) is 0. The van der Waals surface area contributed by atoms with Crippen LogP contribution in [0.15, 0.2) is 91.0 Å². The monoisotopic (exact) mass is 1570 g/mol. The summed E-state index contributed by atoms with van der Waals surface area (Å²) in [6.45, 7) is 72.5. The van der Waals surface area contributed by atoms with Gasteiger partial charge in [0.25, 0.3) is 0 Å². The third-order valence-corrected chi connectivity index (χ3v) is 19.0. The molecular weight excluding hydrogens is 1430 g/mol. The first kappa shape index (κ1) is 103. The van der Waals surface area contributed by atoms with E-state index < -0.39 is 0 Å². The Kier molecular flexibility index (Phi) is 42.4. The second-order valence-corrected chi connectivity index (χ2v) is 34.4. The largest absolute Gasteiger partial charge is 0.508 e. The second-order valence-electron chi connectivity index (χ2n) is 34.4. The first-order valence-electron chi connectivity index (χ1n) is 40.9. The van der Waals surface area contributed by atoms with Crippen LogP contribution in [0.4, 0.5) is 0 Å². The van der Waals surface area contributed by atoms with Crippen molar-refractivity contribution in [1.29, 1.82) is 0 Å². The predicted octanol–water partition coefficient (Wildman–Crippen LogP) is 26.7. The lowest BCUT2D eigenvalue weighted by Crippen LogP contribution is -2.11. The molecule has 7 aromatic carbocycles. The second kappa shape index (κ2) is 47.0. The number of carbonyl (C=O) groups excluding carboxylic acids is 7. The lowest BCUT2D eigenvalue weighted by atomic mass is 9.89. The van der Waals surface area contributed by atoms with E-state index in [1.54, 1.807) is 45.0 Å². The molecule has 0 spiro atoms. The van der Waals surface area contributed by atoms with Gasteiger partial charge in [-0.05, 0) is 278 Å². The van der Waals surface area contributed by atoms with Crippen LogP contribution < -0.4 is 14.2 Å². The van der Waals surface area contributed by atoms with Crippen LogP contribution in [0.2, 0.25) is 0 Å². The van der Waals surface area contributed by atoms with E-state index in [0.717, 1.165) is 72.7 Å². The summed E-state index contributed by atoms with van der Waals surface area (Å²) in [4.78, 5) is 82.6. The Bertz CT molecular complexity index is 4390. The zero-order valence-corrected chi connectivity index (χ0v) is 76.6. The molecule has 0 aliphatic carbocycles. The zero-order valence-electron chi connectivity index (χ0n) is 76.6. The average molecular weight is 1570 g/mol. The van der Waals surface area contributed by atoms with Gasteiger partial charge in [-0.2, -0.15) is 0 Å². The van der Waals surface area contributed by atoms with Gasteiger partial charge in [0.15, 0.2) is 40.5 Å². The van der Waals surface area contributed by atoms with E-state index in [0.29, 0.717) is 74.6 Å². The summed E-state index contributed by atoms with van der Waals surface area (Å²) in [5.74, 6) is 5.32. The summed E-state index contributed by atoms with van der Waals surface area (Å²) in [5.41, 5.74) is 17.9. The van der Waals surface area contributed by atoms with Crippen molar-refractivity contribution >= 4 is 40.5 Å². The van der Waals surface area contributed by atoms with E-state index in [-0.39, 0.29) is 111 Å². The summed E-state index contributed by atoms with van der Waals surface area (Å²) >= 11 is 0. The molecule has 628 valence electrons. The molecule has 0 heterocycles. The van der Waals surface area contributed by atoms with Gasteiger partial charge in [-0.3, -0.25) is 33.6 Å². The number of aromatic hydroxyl groups is 4. The molecule has 14 heteroatoms. The van der Waals surface area contributed by atoms with Crippen molar-refractivity contribution in [2.75, 3.05) is 0 Å². The minimum atomic E-state index is -0.0901. The van der Waals surface area contributed by atoms with Crippen LogP contribution in [0.3, 0.4) is 0 Å². The van der Waals surface area contributed by atoms with E-state index in [1.807, 2.05) is 186 Å². The number of aryl methyl sites for hydroxylation is 6. The van der Waals surface area contributed by atoms with Crippen molar-refractivity contribution in [2.45, 2.75) is 316 Å². The van der Waals surface area contributed by atoms with Gasteiger partial charge in [0, 0.05) is 34.8 Å². The van der Waals surface area contributed by atoms with Crippen LogP contribution in [0.5, 0.6) is 40.2 Å². The Hall–Kier alpha value is -9.17. The molecule has 0 saturated heterocycles. The van der Waals surface area contributed by atoms with Crippen LogP contribution in [-0.2, 0) is 0 Å². The van der Waals surface area contributed by atoms with Gasteiger partial charge in [-0.15, -0.1) is 0 Å². The smallest absolute Gasteiger partial charge is 0.169 e. The molecule has 4 N–H and O–H groups in total. The summed E-state index contributed by atoms with van der Waals surface area (Å²) in [5, 5.41) is 39.0. The summed E-state index contributed by atoms with van der Waals surface area (Å²) in [6.07, 6.45) is 0.285. The molecule has 14 nitrogen and oxygen atoms in total. The third-order valence-electron chi connectivity index (χ3n) is 19.0. The lowest BCUT2D eigenvalue weighted by Gasteiger charge is -2.18. The summed E-state index contributed by atoms with van der Waals surface area (Å²) < 4.78 is 17.2. The van der Waals surface area contributed by atoms with Crippen LogP contribution in [0.25, 0.3) is 0 Å². The molecule has 0 atom stereocenters. The van der Waals surface area contributed by atoms with E-state index in [2.05, 4.69) is 116 Å². The molecule has 7 rings (SSSR count). The van der Waals surface area contributed by atoms with Crippen molar-refractivity contribution in [3.05, 3.63) is 202 Å². The van der Waals surface area contributed by atoms with Gasteiger partial charge in [0.05, 0.1) is 46.1 Å². The van der Waals surface area contributed by atoms with Crippen molar-refractivity contribution in [1.82, 2.24) is 0 Å².